The Morgan fingerprint density at radius 2 is 1.66 bits per heavy atom. The van der Waals surface area contributed by atoms with E-state index in [0.717, 1.165) is 28.9 Å². The van der Waals surface area contributed by atoms with Crippen LogP contribution in [-0.2, 0) is 20.1 Å². The molecule has 5 heteroatoms. The van der Waals surface area contributed by atoms with Crippen LogP contribution in [0.2, 0.25) is 0 Å². The fraction of sp³-hybridized carbons (Fsp3) is 0.519. The van der Waals surface area contributed by atoms with Crippen molar-refractivity contribution in [2.45, 2.75) is 65.6 Å². The van der Waals surface area contributed by atoms with Gasteiger partial charge in [-0.05, 0) is 48.1 Å². The molecule has 0 spiro atoms. The molecule has 0 aliphatic heterocycles. The third-order valence-electron chi connectivity index (χ3n) is 7.29. The molecular weight excluding hydrogens is 595 g/mol. The number of nitrogens with zero attached hydrogens (tertiary/aromatic N) is 1. The van der Waals surface area contributed by atoms with E-state index >= 15 is 0 Å². The summed E-state index contributed by atoms with van der Waals surface area (Å²) < 4.78 is 1.23. The molecule has 3 nitrogen and oxygen atoms in total. The molecule has 2 fully saturated rings. The maximum absolute atomic E-state index is 10.5. The van der Waals surface area contributed by atoms with Gasteiger partial charge in [0.1, 0.15) is 0 Å². The van der Waals surface area contributed by atoms with Gasteiger partial charge in [0, 0.05) is 35.7 Å². The summed E-state index contributed by atoms with van der Waals surface area (Å²) in [6.45, 7) is 8.54. The van der Waals surface area contributed by atoms with Gasteiger partial charge in [0.05, 0.1) is 17.7 Å². The molecule has 4 unspecified atom stereocenters. The fourth-order valence-electron chi connectivity index (χ4n) is 5.44. The number of aliphatic hydroxyl groups excluding tert-OH is 2. The monoisotopic (exact) mass is 629 g/mol. The van der Waals surface area contributed by atoms with Crippen molar-refractivity contribution in [3.05, 3.63) is 54.6 Å². The summed E-state index contributed by atoms with van der Waals surface area (Å²) in [6, 6.07) is 19.3. The minimum absolute atomic E-state index is 0. The normalized spacial score (nSPS) is 28.1. The Morgan fingerprint density at radius 1 is 0.969 bits per heavy atom. The molecule has 0 amide bonds. The van der Waals surface area contributed by atoms with Gasteiger partial charge in [-0.15, -0.1) is 35.9 Å². The summed E-state index contributed by atoms with van der Waals surface area (Å²) in [5, 5.41) is 22.0. The van der Waals surface area contributed by atoms with Crippen molar-refractivity contribution in [1.29, 1.82) is 0 Å². The van der Waals surface area contributed by atoms with Crippen molar-refractivity contribution in [3.8, 4) is 10.6 Å². The van der Waals surface area contributed by atoms with Crippen molar-refractivity contribution >= 4 is 21.6 Å². The van der Waals surface area contributed by atoms with Crippen LogP contribution in [0, 0.1) is 28.7 Å². The molecule has 3 aromatic rings. The Hall–Kier alpha value is -1.10. The number of aromatic nitrogens is 1. The van der Waals surface area contributed by atoms with Crippen molar-refractivity contribution in [3.63, 3.8) is 0 Å². The van der Waals surface area contributed by atoms with E-state index in [4.69, 9.17) is 0 Å². The summed E-state index contributed by atoms with van der Waals surface area (Å²) >= 11 is 1.71. The summed E-state index contributed by atoms with van der Waals surface area (Å²) in [7, 11) is 0. The molecule has 1 heterocycles. The van der Waals surface area contributed by atoms with Gasteiger partial charge in [0.15, 0.2) is 0 Å². The van der Waals surface area contributed by atoms with Gasteiger partial charge in [0.25, 0.3) is 0 Å². The van der Waals surface area contributed by atoms with E-state index in [-0.39, 0.29) is 49.1 Å². The second kappa shape index (κ2) is 10.0. The van der Waals surface area contributed by atoms with Crippen LogP contribution >= 0.6 is 11.3 Å². The Balaban J connectivity index is 0.000000175. The van der Waals surface area contributed by atoms with Crippen LogP contribution in [0.3, 0.4) is 0 Å². The number of benzene rings is 2. The zero-order valence-corrected chi connectivity index (χ0v) is 22.6. The van der Waals surface area contributed by atoms with Crippen LogP contribution in [0.25, 0.3) is 20.8 Å². The maximum Gasteiger partial charge on any atom is 0.0697 e. The van der Waals surface area contributed by atoms with Crippen molar-refractivity contribution in [2.24, 2.45) is 22.7 Å². The minimum Gasteiger partial charge on any atom is -0.392 e. The van der Waals surface area contributed by atoms with Gasteiger partial charge >= 0.3 is 0 Å². The Bertz CT molecular complexity index is 984. The molecule has 0 saturated heterocycles. The molecule has 2 N–H and O–H groups in total. The predicted octanol–water partition coefficient (Wildman–Crippen LogP) is 6.34. The van der Waals surface area contributed by atoms with Crippen LogP contribution in [0.4, 0.5) is 0 Å². The van der Waals surface area contributed by atoms with Gasteiger partial charge in [0.2, 0.25) is 0 Å². The molecule has 1 radical (unpaired) electrons. The van der Waals surface area contributed by atoms with E-state index in [1.54, 1.807) is 11.3 Å². The third kappa shape index (κ3) is 5.18. The smallest absolute Gasteiger partial charge is 0.0697 e. The fourth-order valence-corrected chi connectivity index (χ4v) is 6.39. The molecule has 1 aromatic heterocycles. The van der Waals surface area contributed by atoms with E-state index in [1.807, 2.05) is 42.5 Å². The van der Waals surface area contributed by atoms with E-state index in [1.165, 1.54) is 17.5 Å². The van der Waals surface area contributed by atoms with Crippen LogP contribution < -0.4 is 0 Å². The largest absolute Gasteiger partial charge is 0.392 e. The van der Waals surface area contributed by atoms with Gasteiger partial charge in [-0.2, -0.15) is 11.3 Å². The zero-order chi connectivity index (χ0) is 22.2. The van der Waals surface area contributed by atoms with Crippen LogP contribution in [0.1, 0.15) is 53.4 Å². The van der Waals surface area contributed by atoms with Crippen molar-refractivity contribution in [1.82, 2.24) is 4.98 Å². The predicted molar refractivity (Wildman–Crippen MR) is 129 cm³/mol. The third-order valence-corrected chi connectivity index (χ3v) is 8.36. The zero-order valence-electron chi connectivity index (χ0n) is 19.3. The van der Waals surface area contributed by atoms with Crippen LogP contribution in [0.5, 0.6) is 0 Å². The van der Waals surface area contributed by atoms with Crippen molar-refractivity contribution < 1.29 is 30.3 Å². The average molecular weight is 629 g/mol. The van der Waals surface area contributed by atoms with E-state index < -0.39 is 0 Å². The van der Waals surface area contributed by atoms with Crippen molar-refractivity contribution in [2.75, 3.05) is 0 Å². The first kappa shape index (κ1) is 25.5. The topological polar surface area (TPSA) is 53.4 Å². The quantitative estimate of drug-likeness (QED) is 0.309. The molecule has 2 saturated carbocycles. The average Bonchev–Trinajstić information content (AvgIpc) is 3.24. The molecule has 0 bridgehead atoms. The first-order valence-electron chi connectivity index (χ1n) is 11.4. The maximum atomic E-state index is 10.5. The SMILES string of the molecule is CC1(C)CCCC2CC(C)(C)C(O)C2C1O.[Ir].[c-]1ccccc1-c1nc2ccccc2s1. The summed E-state index contributed by atoms with van der Waals surface area (Å²) in [6.07, 6.45) is 3.81. The van der Waals surface area contributed by atoms with Gasteiger partial charge < -0.3 is 10.2 Å². The second-order valence-corrected chi connectivity index (χ2v) is 11.6. The number of rotatable bonds is 1. The van der Waals surface area contributed by atoms with Crippen LogP contribution in [-0.4, -0.2) is 27.4 Å². The Labute approximate surface area is 209 Å². The van der Waals surface area contributed by atoms with E-state index in [0.29, 0.717) is 5.92 Å². The van der Waals surface area contributed by atoms with Gasteiger partial charge in [-0.3, -0.25) is 4.98 Å². The number of aliphatic hydroxyl groups is 2. The summed E-state index contributed by atoms with van der Waals surface area (Å²) in [5.41, 5.74) is 2.07. The van der Waals surface area contributed by atoms with Gasteiger partial charge in [-0.1, -0.05) is 46.2 Å². The second-order valence-electron chi connectivity index (χ2n) is 10.6. The van der Waals surface area contributed by atoms with E-state index in [2.05, 4.69) is 44.8 Å². The molecule has 2 aromatic carbocycles. The molecule has 32 heavy (non-hydrogen) atoms. The first-order chi connectivity index (χ1) is 14.7. The number of hydrogen-bond acceptors (Lipinski definition) is 4. The van der Waals surface area contributed by atoms with Gasteiger partial charge in [-0.25, -0.2) is 0 Å². The molecule has 4 atom stereocenters. The number of para-hydroxylation sites is 1. The molecule has 5 rings (SSSR count). The van der Waals surface area contributed by atoms with Crippen LogP contribution in [0.15, 0.2) is 48.5 Å². The Morgan fingerprint density at radius 3 is 2.34 bits per heavy atom. The van der Waals surface area contributed by atoms with E-state index in [9.17, 15) is 10.2 Å². The Kier molecular flexibility index (Phi) is 8.00. The summed E-state index contributed by atoms with van der Waals surface area (Å²) in [5.74, 6) is 0.606. The number of fused-ring (bicyclic) bond motifs is 2. The molecular formula is C27H34IrNO2S-. The number of thiazole rings is 1. The number of hydrogen-bond donors (Lipinski definition) is 2. The molecule has 175 valence electrons. The first-order valence-corrected chi connectivity index (χ1v) is 12.2. The minimum atomic E-state index is -0.350. The molecule has 2 aliphatic rings. The molecule has 2 aliphatic carbocycles. The summed E-state index contributed by atoms with van der Waals surface area (Å²) in [4.78, 5) is 4.57. The standard InChI is InChI=1S/C14H26O2.C13H8NS.Ir/c1-13(2)7-5-6-9-8-14(3,4)12(16)10(9)11(13)15;1-2-6-10(7-3-1)13-14-11-8-4-5-9-12(11)15-13;/h9-12,15-16H,5-8H2,1-4H3;1-6,8-9H;/q;-1;.